The van der Waals surface area contributed by atoms with Gasteiger partial charge < -0.3 is 10.6 Å². The van der Waals surface area contributed by atoms with Gasteiger partial charge in [0.2, 0.25) is 0 Å². The standard InChI is InChI=1S/C15H28N4S/c1-5-14-19-13(11-20-14)10-18-15(16-6-2)17-9-7-8-12(3)4/h11-12H,5-10H2,1-4H3,(H2,16,17,18). The Morgan fingerprint density at radius 2 is 2.15 bits per heavy atom. The van der Waals surface area contributed by atoms with Crippen molar-refractivity contribution in [1.29, 1.82) is 0 Å². The Kier molecular flexibility index (Phi) is 8.26. The van der Waals surface area contributed by atoms with Gasteiger partial charge in [-0.2, -0.15) is 0 Å². The average molecular weight is 296 g/mol. The third-order valence-corrected chi connectivity index (χ3v) is 3.94. The molecule has 0 aliphatic heterocycles. The molecule has 4 nitrogen and oxygen atoms in total. The van der Waals surface area contributed by atoms with Crippen molar-refractivity contribution < 1.29 is 0 Å². The smallest absolute Gasteiger partial charge is 0.191 e. The Hall–Kier alpha value is -1.10. The van der Waals surface area contributed by atoms with Gasteiger partial charge in [0, 0.05) is 18.5 Å². The highest BCUT2D eigenvalue weighted by molar-refractivity contribution is 7.09. The van der Waals surface area contributed by atoms with Crippen molar-refractivity contribution in [2.45, 2.75) is 53.5 Å². The zero-order valence-corrected chi connectivity index (χ0v) is 14.0. The van der Waals surface area contributed by atoms with Crippen LogP contribution in [-0.2, 0) is 13.0 Å². The number of rotatable bonds is 8. The van der Waals surface area contributed by atoms with Gasteiger partial charge in [-0.25, -0.2) is 9.98 Å². The molecule has 0 spiro atoms. The minimum atomic E-state index is 0.649. The maximum absolute atomic E-state index is 4.59. The molecule has 0 aromatic carbocycles. The molecule has 0 unspecified atom stereocenters. The fourth-order valence-corrected chi connectivity index (χ4v) is 2.54. The van der Waals surface area contributed by atoms with Crippen LogP contribution in [0, 0.1) is 5.92 Å². The van der Waals surface area contributed by atoms with E-state index in [0.29, 0.717) is 6.54 Å². The first-order valence-corrected chi connectivity index (χ1v) is 8.49. The van der Waals surface area contributed by atoms with Crippen LogP contribution in [0.1, 0.15) is 51.2 Å². The van der Waals surface area contributed by atoms with E-state index in [0.717, 1.165) is 37.1 Å². The van der Waals surface area contributed by atoms with E-state index in [2.05, 4.69) is 53.7 Å². The van der Waals surface area contributed by atoms with E-state index in [4.69, 9.17) is 0 Å². The third kappa shape index (κ3) is 6.89. The van der Waals surface area contributed by atoms with Gasteiger partial charge >= 0.3 is 0 Å². The highest BCUT2D eigenvalue weighted by Crippen LogP contribution is 2.10. The highest BCUT2D eigenvalue weighted by Gasteiger charge is 2.01. The van der Waals surface area contributed by atoms with Crippen molar-refractivity contribution >= 4 is 17.3 Å². The van der Waals surface area contributed by atoms with E-state index in [1.54, 1.807) is 11.3 Å². The van der Waals surface area contributed by atoms with E-state index < -0.39 is 0 Å². The van der Waals surface area contributed by atoms with Crippen molar-refractivity contribution in [3.05, 3.63) is 16.1 Å². The minimum Gasteiger partial charge on any atom is -0.357 e. The number of guanidine groups is 1. The summed E-state index contributed by atoms with van der Waals surface area (Å²) in [7, 11) is 0. The fourth-order valence-electron chi connectivity index (χ4n) is 1.80. The second-order valence-corrected chi connectivity index (χ2v) is 6.19. The molecule has 1 rings (SSSR count). The zero-order chi connectivity index (χ0) is 14.8. The fraction of sp³-hybridized carbons (Fsp3) is 0.733. The van der Waals surface area contributed by atoms with E-state index in [-0.39, 0.29) is 0 Å². The first-order valence-electron chi connectivity index (χ1n) is 7.61. The highest BCUT2D eigenvalue weighted by atomic mass is 32.1. The minimum absolute atomic E-state index is 0.649. The number of nitrogens with zero attached hydrogens (tertiary/aromatic N) is 2. The molecular weight excluding hydrogens is 268 g/mol. The van der Waals surface area contributed by atoms with Gasteiger partial charge in [-0.1, -0.05) is 20.8 Å². The molecular formula is C15H28N4S. The van der Waals surface area contributed by atoms with Crippen LogP contribution in [0.5, 0.6) is 0 Å². The number of hydrogen-bond acceptors (Lipinski definition) is 3. The molecule has 0 atom stereocenters. The number of aliphatic imine (C=N–C) groups is 1. The summed E-state index contributed by atoms with van der Waals surface area (Å²) < 4.78 is 0. The summed E-state index contributed by atoms with van der Waals surface area (Å²) >= 11 is 1.72. The molecule has 0 bridgehead atoms. The molecule has 1 aromatic rings. The summed E-state index contributed by atoms with van der Waals surface area (Å²) in [5.74, 6) is 1.65. The van der Waals surface area contributed by atoms with Crippen LogP contribution in [0.3, 0.4) is 0 Å². The molecule has 114 valence electrons. The van der Waals surface area contributed by atoms with Crippen molar-refractivity contribution in [3.63, 3.8) is 0 Å². The Morgan fingerprint density at radius 3 is 2.75 bits per heavy atom. The second kappa shape index (κ2) is 9.75. The lowest BCUT2D eigenvalue weighted by Gasteiger charge is -2.11. The Balaban J connectivity index is 2.41. The maximum Gasteiger partial charge on any atom is 0.191 e. The quantitative estimate of drug-likeness (QED) is 0.440. The lowest BCUT2D eigenvalue weighted by molar-refractivity contribution is 0.549. The van der Waals surface area contributed by atoms with E-state index in [9.17, 15) is 0 Å². The van der Waals surface area contributed by atoms with Crippen LogP contribution in [0.15, 0.2) is 10.4 Å². The Bertz CT molecular complexity index is 398. The Morgan fingerprint density at radius 1 is 1.35 bits per heavy atom. The van der Waals surface area contributed by atoms with Crippen molar-refractivity contribution in [3.8, 4) is 0 Å². The number of aromatic nitrogens is 1. The maximum atomic E-state index is 4.59. The molecule has 0 aliphatic rings. The van der Waals surface area contributed by atoms with Gasteiger partial charge in [-0.15, -0.1) is 11.3 Å². The molecule has 1 aromatic heterocycles. The summed E-state index contributed by atoms with van der Waals surface area (Å²) in [6.45, 7) is 11.2. The summed E-state index contributed by atoms with van der Waals surface area (Å²) in [6, 6.07) is 0. The van der Waals surface area contributed by atoms with Crippen molar-refractivity contribution in [1.82, 2.24) is 15.6 Å². The van der Waals surface area contributed by atoms with Crippen LogP contribution in [0.25, 0.3) is 0 Å². The lowest BCUT2D eigenvalue weighted by Crippen LogP contribution is -2.37. The van der Waals surface area contributed by atoms with Crippen molar-refractivity contribution in [2.24, 2.45) is 10.9 Å². The SMILES string of the molecule is CCNC(=NCc1csc(CC)n1)NCCCC(C)C. The van der Waals surface area contributed by atoms with Crippen LogP contribution in [-0.4, -0.2) is 24.0 Å². The molecule has 0 aliphatic carbocycles. The third-order valence-electron chi connectivity index (χ3n) is 2.90. The predicted octanol–water partition coefficient (Wildman–Crippen LogP) is 3.20. The van der Waals surface area contributed by atoms with Gasteiger partial charge in [0.05, 0.1) is 17.2 Å². The zero-order valence-electron chi connectivity index (χ0n) is 13.2. The first kappa shape index (κ1) is 17.0. The Labute approximate surface area is 127 Å². The monoisotopic (exact) mass is 296 g/mol. The van der Waals surface area contributed by atoms with Gasteiger partial charge in [0.15, 0.2) is 5.96 Å². The second-order valence-electron chi connectivity index (χ2n) is 5.24. The van der Waals surface area contributed by atoms with Crippen LogP contribution in [0.4, 0.5) is 0 Å². The molecule has 0 saturated carbocycles. The van der Waals surface area contributed by atoms with Crippen molar-refractivity contribution in [2.75, 3.05) is 13.1 Å². The van der Waals surface area contributed by atoms with E-state index in [1.165, 1.54) is 17.8 Å². The summed E-state index contributed by atoms with van der Waals surface area (Å²) in [4.78, 5) is 9.12. The predicted molar refractivity (Wildman–Crippen MR) is 88.4 cm³/mol. The first-order chi connectivity index (χ1) is 9.65. The number of thiazole rings is 1. The van der Waals surface area contributed by atoms with Gasteiger partial charge in [0.1, 0.15) is 0 Å². The summed E-state index contributed by atoms with van der Waals surface area (Å²) in [6.07, 6.45) is 3.43. The normalized spacial score (nSPS) is 11.9. The van der Waals surface area contributed by atoms with Crippen LogP contribution in [0.2, 0.25) is 0 Å². The largest absolute Gasteiger partial charge is 0.357 e. The van der Waals surface area contributed by atoms with Crippen LogP contribution < -0.4 is 10.6 Å². The molecule has 0 saturated heterocycles. The number of hydrogen-bond donors (Lipinski definition) is 2. The molecule has 5 heteroatoms. The number of nitrogens with one attached hydrogen (secondary N) is 2. The van der Waals surface area contributed by atoms with Gasteiger partial charge in [-0.05, 0) is 32.1 Å². The lowest BCUT2D eigenvalue weighted by atomic mass is 10.1. The number of aryl methyl sites for hydroxylation is 1. The molecule has 0 radical (unpaired) electrons. The molecule has 1 heterocycles. The van der Waals surface area contributed by atoms with Crippen LogP contribution >= 0.6 is 11.3 Å². The van der Waals surface area contributed by atoms with E-state index in [1.807, 2.05) is 0 Å². The molecule has 20 heavy (non-hydrogen) atoms. The summed E-state index contributed by atoms with van der Waals surface area (Å²) in [5, 5.41) is 9.94. The van der Waals surface area contributed by atoms with Gasteiger partial charge in [0.25, 0.3) is 0 Å². The molecule has 2 N–H and O–H groups in total. The van der Waals surface area contributed by atoms with Gasteiger partial charge in [-0.3, -0.25) is 0 Å². The summed E-state index contributed by atoms with van der Waals surface area (Å²) in [5.41, 5.74) is 1.06. The average Bonchev–Trinajstić information content (AvgIpc) is 2.88. The topological polar surface area (TPSA) is 49.3 Å². The molecule has 0 fully saturated rings. The van der Waals surface area contributed by atoms with E-state index >= 15 is 0 Å². The molecule has 0 amide bonds.